The molecule has 0 spiro atoms. The smallest absolute Gasteiger partial charge is 0.356 e. The Labute approximate surface area is 121 Å². The van der Waals surface area contributed by atoms with Gasteiger partial charge in [0.15, 0.2) is 0 Å². The Morgan fingerprint density at radius 1 is 1.10 bits per heavy atom. The van der Waals surface area contributed by atoms with Gasteiger partial charge in [-0.05, 0) is 19.3 Å². The van der Waals surface area contributed by atoms with Crippen molar-refractivity contribution in [3.05, 3.63) is 0 Å². The molecule has 5 heteroatoms. The molecule has 0 atom stereocenters. The molecule has 1 aliphatic carbocycles. The number of imide groups is 1. The third-order valence-electron chi connectivity index (χ3n) is 4.00. The van der Waals surface area contributed by atoms with Crippen LogP contribution in [0.25, 0.3) is 0 Å². The summed E-state index contributed by atoms with van der Waals surface area (Å²) >= 11 is 0. The van der Waals surface area contributed by atoms with Crippen LogP contribution in [0.2, 0.25) is 0 Å². The Hall–Kier alpha value is -1.10. The number of nitrogens with two attached hydrogens (primary N) is 1. The standard InChI is InChI=1S/C15H28N2O3/c1-2-3-4-5-9-12-14(18)17(15(19)20-16)13-10-7-6-8-11-13/h13H,2-12,16H2,1H3. The second-order valence-electron chi connectivity index (χ2n) is 5.60. The van der Waals surface area contributed by atoms with Crippen molar-refractivity contribution < 1.29 is 14.4 Å². The van der Waals surface area contributed by atoms with E-state index >= 15 is 0 Å². The van der Waals surface area contributed by atoms with Gasteiger partial charge in [-0.2, -0.15) is 5.90 Å². The second kappa shape index (κ2) is 9.75. The van der Waals surface area contributed by atoms with E-state index in [1.165, 1.54) is 24.2 Å². The van der Waals surface area contributed by atoms with E-state index in [9.17, 15) is 9.59 Å². The highest BCUT2D eigenvalue weighted by molar-refractivity contribution is 5.92. The van der Waals surface area contributed by atoms with Gasteiger partial charge in [-0.15, -0.1) is 0 Å². The minimum absolute atomic E-state index is 0.0251. The van der Waals surface area contributed by atoms with Crippen molar-refractivity contribution in [1.82, 2.24) is 4.90 Å². The predicted molar refractivity (Wildman–Crippen MR) is 77.8 cm³/mol. The first-order valence-electron chi connectivity index (χ1n) is 7.93. The summed E-state index contributed by atoms with van der Waals surface area (Å²) in [6.07, 6.45) is 10.1. The molecule has 0 saturated heterocycles. The fourth-order valence-corrected chi connectivity index (χ4v) is 2.85. The van der Waals surface area contributed by atoms with Crippen LogP contribution in [0.15, 0.2) is 0 Å². The van der Waals surface area contributed by atoms with E-state index in [1.54, 1.807) is 0 Å². The number of nitrogens with zero attached hydrogens (tertiary/aromatic N) is 1. The minimum atomic E-state index is -0.699. The van der Waals surface area contributed by atoms with E-state index in [1.807, 2.05) is 0 Å². The number of carbonyl (C=O) groups excluding carboxylic acids is 2. The molecular formula is C15H28N2O3. The largest absolute Gasteiger partial charge is 0.435 e. The van der Waals surface area contributed by atoms with Crippen molar-refractivity contribution in [2.45, 2.75) is 83.6 Å². The number of carbonyl (C=O) groups is 2. The van der Waals surface area contributed by atoms with Gasteiger partial charge in [-0.25, -0.2) is 9.69 Å². The highest BCUT2D eigenvalue weighted by atomic mass is 16.7. The van der Waals surface area contributed by atoms with Gasteiger partial charge < -0.3 is 4.84 Å². The van der Waals surface area contributed by atoms with Crippen LogP contribution in [-0.2, 0) is 9.63 Å². The predicted octanol–water partition coefficient (Wildman–Crippen LogP) is 3.52. The molecule has 0 aromatic carbocycles. The Morgan fingerprint density at radius 2 is 1.75 bits per heavy atom. The van der Waals surface area contributed by atoms with E-state index in [0.29, 0.717) is 6.42 Å². The van der Waals surface area contributed by atoms with Gasteiger partial charge in [0.05, 0.1) is 0 Å². The molecule has 5 nitrogen and oxygen atoms in total. The zero-order valence-corrected chi connectivity index (χ0v) is 12.6. The monoisotopic (exact) mass is 284 g/mol. The van der Waals surface area contributed by atoms with Crippen LogP contribution in [0.3, 0.4) is 0 Å². The summed E-state index contributed by atoms with van der Waals surface area (Å²) in [6.45, 7) is 2.16. The molecule has 0 heterocycles. The van der Waals surface area contributed by atoms with Gasteiger partial charge in [0, 0.05) is 12.5 Å². The molecule has 0 unspecified atom stereocenters. The molecule has 1 fully saturated rings. The molecule has 0 aromatic heterocycles. The fourth-order valence-electron chi connectivity index (χ4n) is 2.85. The lowest BCUT2D eigenvalue weighted by Crippen LogP contribution is -2.46. The maximum atomic E-state index is 12.2. The summed E-state index contributed by atoms with van der Waals surface area (Å²) in [5.41, 5.74) is 0. The van der Waals surface area contributed by atoms with E-state index in [2.05, 4.69) is 11.8 Å². The zero-order chi connectivity index (χ0) is 14.8. The van der Waals surface area contributed by atoms with Crippen molar-refractivity contribution in [2.24, 2.45) is 5.90 Å². The van der Waals surface area contributed by atoms with Crippen LogP contribution in [-0.4, -0.2) is 22.9 Å². The number of unbranched alkanes of at least 4 members (excludes halogenated alkanes) is 4. The number of amides is 2. The van der Waals surface area contributed by atoms with E-state index in [-0.39, 0.29) is 11.9 Å². The molecule has 0 radical (unpaired) electrons. The Morgan fingerprint density at radius 3 is 2.35 bits per heavy atom. The summed E-state index contributed by atoms with van der Waals surface area (Å²) in [7, 11) is 0. The second-order valence-corrected chi connectivity index (χ2v) is 5.60. The number of rotatable bonds is 7. The molecule has 0 bridgehead atoms. The molecular weight excluding hydrogens is 256 g/mol. The molecule has 2 amide bonds. The third-order valence-corrected chi connectivity index (χ3v) is 4.00. The lowest BCUT2D eigenvalue weighted by Gasteiger charge is -2.31. The average molecular weight is 284 g/mol. The average Bonchev–Trinajstić information content (AvgIpc) is 2.48. The summed E-state index contributed by atoms with van der Waals surface area (Å²) in [5, 5.41) is 0. The summed E-state index contributed by atoms with van der Waals surface area (Å²) in [5.74, 6) is 4.83. The first-order chi connectivity index (χ1) is 9.70. The van der Waals surface area contributed by atoms with Gasteiger partial charge in [0.2, 0.25) is 5.91 Å². The SMILES string of the molecule is CCCCCCCC(=O)N(C(=O)ON)C1CCCCC1. The van der Waals surface area contributed by atoms with Crippen molar-refractivity contribution in [2.75, 3.05) is 0 Å². The first-order valence-corrected chi connectivity index (χ1v) is 7.93. The summed E-state index contributed by atoms with van der Waals surface area (Å²) < 4.78 is 0. The van der Waals surface area contributed by atoms with Crippen molar-refractivity contribution >= 4 is 12.0 Å². The highest BCUT2D eigenvalue weighted by Crippen LogP contribution is 2.24. The van der Waals surface area contributed by atoms with Crippen LogP contribution < -0.4 is 5.90 Å². The molecule has 2 N–H and O–H groups in total. The van der Waals surface area contributed by atoms with Crippen molar-refractivity contribution in [1.29, 1.82) is 0 Å². The molecule has 116 valence electrons. The van der Waals surface area contributed by atoms with Crippen molar-refractivity contribution in [3.8, 4) is 0 Å². The lowest BCUT2D eigenvalue weighted by molar-refractivity contribution is -0.132. The quantitative estimate of drug-likeness (QED) is 0.573. The summed E-state index contributed by atoms with van der Waals surface area (Å²) in [6, 6.07) is -0.0251. The zero-order valence-electron chi connectivity index (χ0n) is 12.6. The third kappa shape index (κ3) is 5.49. The number of hydrogen-bond acceptors (Lipinski definition) is 4. The van der Waals surface area contributed by atoms with Gasteiger partial charge in [0.1, 0.15) is 0 Å². The van der Waals surface area contributed by atoms with Gasteiger partial charge >= 0.3 is 6.09 Å². The Bertz CT molecular complexity index is 301. The Kier molecular flexibility index (Phi) is 8.26. The van der Waals surface area contributed by atoms with Crippen LogP contribution >= 0.6 is 0 Å². The first kappa shape index (κ1) is 17.0. The molecule has 20 heavy (non-hydrogen) atoms. The van der Waals surface area contributed by atoms with Crippen LogP contribution in [0, 0.1) is 0 Å². The van der Waals surface area contributed by atoms with Crippen LogP contribution in [0.4, 0.5) is 4.79 Å². The van der Waals surface area contributed by atoms with Gasteiger partial charge in [0.25, 0.3) is 0 Å². The van der Waals surface area contributed by atoms with Crippen LogP contribution in [0.5, 0.6) is 0 Å². The maximum Gasteiger partial charge on any atom is 0.435 e. The normalized spacial score (nSPS) is 15.9. The molecule has 1 saturated carbocycles. The van der Waals surface area contributed by atoms with Gasteiger partial charge in [-0.1, -0.05) is 51.9 Å². The topological polar surface area (TPSA) is 72.6 Å². The molecule has 1 rings (SSSR count). The van der Waals surface area contributed by atoms with E-state index in [4.69, 9.17) is 5.90 Å². The highest BCUT2D eigenvalue weighted by Gasteiger charge is 2.31. The number of hydrogen-bond donors (Lipinski definition) is 1. The maximum absolute atomic E-state index is 12.2. The fraction of sp³-hybridized carbons (Fsp3) is 0.867. The lowest BCUT2D eigenvalue weighted by atomic mass is 9.94. The minimum Gasteiger partial charge on any atom is -0.356 e. The van der Waals surface area contributed by atoms with Crippen LogP contribution in [0.1, 0.15) is 77.6 Å². The Balaban J connectivity index is 2.45. The molecule has 0 aliphatic heterocycles. The molecule has 1 aliphatic rings. The van der Waals surface area contributed by atoms with Gasteiger partial charge in [-0.3, -0.25) is 4.79 Å². The van der Waals surface area contributed by atoms with Crippen molar-refractivity contribution in [3.63, 3.8) is 0 Å². The summed E-state index contributed by atoms with van der Waals surface area (Å²) in [4.78, 5) is 29.6. The molecule has 0 aromatic rings. The van der Waals surface area contributed by atoms with E-state index in [0.717, 1.165) is 44.9 Å². The van der Waals surface area contributed by atoms with E-state index < -0.39 is 6.09 Å².